The molecule has 1 spiro atoms. The van der Waals surface area contributed by atoms with Gasteiger partial charge in [0, 0.05) is 59.3 Å². The topological polar surface area (TPSA) is 9.72 Å². The summed E-state index contributed by atoms with van der Waals surface area (Å²) >= 11 is 3.72. The van der Waals surface area contributed by atoms with Gasteiger partial charge < -0.3 is 14.7 Å². The fraction of sp³-hybridized carbons (Fsp3) is 0.0164. The minimum Gasteiger partial charge on any atom is -0.310 e. The summed E-state index contributed by atoms with van der Waals surface area (Å²) in [5, 5.41) is 0. The van der Waals surface area contributed by atoms with Crippen LogP contribution in [0.3, 0.4) is 0 Å². The SMILES string of the molecule is c1ccc(N(c2ccc3c(c2)Sc2ccccc2S3)c2ccc3c(c2)C2(c4ccccc4-c4c(N(c5ccccc5)c5ccccc5)cccc42)c2ccccc2N3c2ccccc2)cc1. The smallest absolute Gasteiger partial charge is 0.0755 e. The summed E-state index contributed by atoms with van der Waals surface area (Å²) in [6, 6.07) is 91.4. The van der Waals surface area contributed by atoms with Gasteiger partial charge in [-0.1, -0.05) is 163 Å². The fourth-order valence-electron chi connectivity index (χ4n) is 10.6. The van der Waals surface area contributed by atoms with Gasteiger partial charge in [0.05, 0.1) is 22.5 Å². The van der Waals surface area contributed by atoms with Gasteiger partial charge in [0.1, 0.15) is 0 Å². The van der Waals surface area contributed by atoms with E-state index in [1.807, 2.05) is 23.5 Å². The van der Waals surface area contributed by atoms with Crippen molar-refractivity contribution < 1.29 is 0 Å². The van der Waals surface area contributed by atoms with Crippen LogP contribution in [0.15, 0.2) is 268 Å². The van der Waals surface area contributed by atoms with Crippen molar-refractivity contribution in [2.24, 2.45) is 0 Å². The zero-order chi connectivity index (χ0) is 43.6. The Hall–Kier alpha value is -7.70. The van der Waals surface area contributed by atoms with Crippen molar-refractivity contribution in [2.45, 2.75) is 25.0 Å². The van der Waals surface area contributed by atoms with Gasteiger partial charge >= 0.3 is 0 Å². The first-order valence-corrected chi connectivity index (χ1v) is 24.1. The highest BCUT2D eigenvalue weighted by molar-refractivity contribution is 8.05. The highest BCUT2D eigenvalue weighted by Crippen LogP contribution is 2.66. The summed E-state index contributed by atoms with van der Waals surface area (Å²) in [4.78, 5) is 12.5. The third-order valence-electron chi connectivity index (χ3n) is 13.3. The molecule has 2 aliphatic heterocycles. The molecular formula is C61H41N3S2. The Bertz CT molecular complexity index is 3410. The highest BCUT2D eigenvalue weighted by atomic mass is 32.2. The van der Waals surface area contributed by atoms with Crippen LogP contribution in [0.4, 0.5) is 51.2 Å². The molecule has 0 bridgehead atoms. The maximum absolute atomic E-state index is 2.50. The average Bonchev–Trinajstić information content (AvgIpc) is 3.68. The molecule has 66 heavy (non-hydrogen) atoms. The maximum Gasteiger partial charge on any atom is 0.0755 e. The van der Waals surface area contributed by atoms with Gasteiger partial charge in [-0.25, -0.2) is 0 Å². The number of fused-ring (bicyclic) bond motifs is 11. The molecule has 5 heteroatoms. The monoisotopic (exact) mass is 879 g/mol. The van der Waals surface area contributed by atoms with E-state index in [0.717, 1.165) is 45.5 Å². The second kappa shape index (κ2) is 15.8. The normalized spacial score (nSPS) is 14.9. The van der Waals surface area contributed by atoms with Crippen LogP contribution >= 0.6 is 23.5 Å². The first-order chi connectivity index (χ1) is 32.8. The molecule has 13 rings (SSSR count). The third kappa shape index (κ3) is 6.01. The minimum absolute atomic E-state index is 0.678. The molecule has 3 aliphatic rings. The molecule has 1 aliphatic carbocycles. The van der Waals surface area contributed by atoms with Crippen LogP contribution in [0.5, 0.6) is 0 Å². The molecule has 0 amide bonds. The summed E-state index contributed by atoms with van der Waals surface area (Å²) in [6.07, 6.45) is 0. The molecule has 0 saturated carbocycles. The Balaban J connectivity index is 1.10. The lowest BCUT2D eigenvalue weighted by Crippen LogP contribution is -2.36. The molecular weight excluding hydrogens is 839 g/mol. The Morgan fingerprint density at radius 2 is 0.818 bits per heavy atom. The number of hydrogen-bond acceptors (Lipinski definition) is 5. The number of anilines is 9. The van der Waals surface area contributed by atoms with Crippen molar-refractivity contribution in [3.8, 4) is 11.1 Å². The third-order valence-corrected chi connectivity index (χ3v) is 15.8. The fourth-order valence-corrected chi connectivity index (χ4v) is 12.9. The Morgan fingerprint density at radius 3 is 1.52 bits per heavy atom. The number of hydrogen-bond donors (Lipinski definition) is 0. The van der Waals surface area contributed by atoms with Crippen molar-refractivity contribution in [2.75, 3.05) is 14.7 Å². The molecule has 10 aromatic rings. The number of benzene rings is 10. The van der Waals surface area contributed by atoms with Gasteiger partial charge in [-0.15, -0.1) is 0 Å². The average molecular weight is 880 g/mol. The Kier molecular flexibility index (Phi) is 9.26. The van der Waals surface area contributed by atoms with Crippen LogP contribution < -0.4 is 14.7 Å². The van der Waals surface area contributed by atoms with E-state index in [9.17, 15) is 0 Å². The molecule has 0 fully saturated rings. The van der Waals surface area contributed by atoms with Crippen molar-refractivity contribution in [3.63, 3.8) is 0 Å². The largest absolute Gasteiger partial charge is 0.310 e. The first-order valence-electron chi connectivity index (χ1n) is 22.4. The predicted molar refractivity (Wildman–Crippen MR) is 276 cm³/mol. The summed E-state index contributed by atoms with van der Waals surface area (Å²) < 4.78 is 0. The van der Waals surface area contributed by atoms with E-state index in [4.69, 9.17) is 0 Å². The van der Waals surface area contributed by atoms with Gasteiger partial charge in [0.2, 0.25) is 0 Å². The summed E-state index contributed by atoms with van der Waals surface area (Å²) in [5.74, 6) is 0. The number of rotatable bonds is 7. The van der Waals surface area contributed by atoms with Gasteiger partial charge in [0.25, 0.3) is 0 Å². The van der Waals surface area contributed by atoms with Gasteiger partial charge in [-0.05, 0) is 137 Å². The quantitative estimate of drug-likeness (QED) is 0.157. The lowest BCUT2D eigenvalue weighted by atomic mass is 9.64. The van der Waals surface area contributed by atoms with Crippen molar-refractivity contribution >= 4 is 74.7 Å². The molecule has 0 radical (unpaired) electrons. The lowest BCUT2D eigenvalue weighted by molar-refractivity contribution is 0.752. The van der Waals surface area contributed by atoms with Crippen LogP contribution in [0.25, 0.3) is 11.1 Å². The Labute approximate surface area is 394 Å². The maximum atomic E-state index is 2.50. The molecule has 10 aromatic carbocycles. The van der Waals surface area contributed by atoms with Crippen molar-refractivity contribution in [3.05, 3.63) is 271 Å². The number of para-hydroxylation sites is 5. The summed E-state index contributed by atoms with van der Waals surface area (Å²) in [5.41, 5.74) is 17.0. The van der Waals surface area contributed by atoms with E-state index in [1.165, 1.54) is 58.7 Å². The Morgan fingerprint density at radius 1 is 0.318 bits per heavy atom. The molecule has 0 saturated heterocycles. The lowest BCUT2D eigenvalue weighted by Gasteiger charge is -2.45. The molecule has 3 nitrogen and oxygen atoms in total. The van der Waals surface area contributed by atoms with E-state index in [1.54, 1.807) is 0 Å². The predicted octanol–water partition coefficient (Wildman–Crippen LogP) is 17.4. The summed E-state index contributed by atoms with van der Waals surface area (Å²) in [6.45, 7) is 0. The van der Waals surface area contributed by atoms with Crippen molar-refractivity contribution in [1.82, 2.24) is 0 Å². The van der Waals surface area contributed by atoms with Gasteiger partial charge in [-0.3, -0.25) is 0 Å². The number of nitrogens with zero attached hydrogens (tertiary/aromatic N) is 3. The highest BCUT2D eigenvalue weighted by Gasteiger charge is 2.53. The summed E-state index contributed by atoms with van der Waals surface area (Å²) in [7, 11) is 0. The van der Waals surface area contributed by atoms with Crippen LogP contribution in [-0.4, -0.2) is 0 Å². The van der Waals surface area contributed by atoms with Gasteiger partial charge in [-0.2, -0.15) is 0 Å². The molecule has 2 heterocycles. The van der Waals surface area contributed by atoms with E-state index in [0.29, 0.717) is 0 Å². The molecule has 1 atom stereocenters. The van der Waals surface area contributed by atoms with E-state index in [2.05, 4.69) is 263 Å². The zero-order valence-corrected chi connectivity index (χ0v) is 37.5. The molecule has 1 unspecified atom stereocenters. The molecule has 312 valence electrons. The van der Waals surface area contributed by atoms with E-state index in [-0.39, 0.29) is 0 Å². The molecule has 0 N–H and O–H groups in total. The molecule has 0 aromatic heterocycles. The van der Waals surface area contributed by atoms with E-state index < -0.39 is 5.41 Å². The van der Waals surface area contributed by atoms with Crippen LogP contribution in [0, 0.1) is 0 Å². The van der Waals surface area contributed by atoms with Crippen LogP contribution in [0.1, 0.15) is 22.3 Å². The minimum atomic E-state index is -0.678. The van der Waals surface area contributed by atoms with Crippen LogP contribution in [0.2, 0.25) is 0 Å². The zero-order valence-electron chi connectivity index (χ0n) is 35.8. The van der Waals surface area contributed by atoms with Crippen molar-refractivity contribution in [1.29, 1.82) is 0 Å². The van der Waals surface area contributed by atoms with Gasteiger partial charge in [0.15, 0.2) is 0 Å². The van der Waals surface area contributed by atoms with E-state index >= 15 is 0 Å². The second-order valence-electron chi connectivity index (χ2n) is 16.8. The second-order valence-corrected chi connectivity index (χ2v) is 19.0. The van der Waals surface area contributed by atoms with Crippen LogP contribution in [-0.2, 0) is 5.41 Å². The standard InChI is InChI=1S/C61H41N3S2/c1-5-20-42(21-6-1)62(47-37-39-58-59(41-47)66-57-35-18-17-34-56(57)65-58)46-36-38-54-52(40-46)61(50-30-15-16-32-53(50)64(54)45-26-11-4-12-27-45)49-29-14-13-28-48(49)60-51(61)31-19-33-55(60)63(43-22-7-2-8-23-43)44-24-9-3-10-25-44/h1-41H. The first kappa shape index (κ1) is 38.7.